The van der Waals surface area contributed by atoms with E-state index in [9.17, 15) is 4.79 Å². The molecule has 0 bridgehead atoms. The van der Waals surface area contributed by atoms with Crippen LogP contribution in [0.3, 0.4) is 0 Å². The fourth-order valence-corrected chi connectivity index (χ4v) is 1.34. The predicted octanol–water partition coefficient (Wildman–Crippen LogP) is 1.65. The summed E-state index contributed by atoms with van der Waals surface area (Å²) in [5, 5.41) is 11.6. The number of nitrogens with one attached hydrogen (secondary N) is 1. The standard InChI is InChI=1S/C13H16N2O3/c1-10-4-5-12(18-10)8-11(9-14)13(16)15-6-3-7-17-2/h4-5,8H,3,6-7H2,1-2H3,(H,15,16)/b11-8+. The van der Waals surface area contributed by atoms with Crippen LogP contribution in [0.4, 0.5) is 0 Å². The van der Waals surface area contributed by atoms with E-state index in [4.69, 9.17) is 14.4 Å². The van der Waals surface area contributed by atoms with Crippen LogP contribution >= 0.6 is 0 Å². The van der Waals surface area contributed by atoms with Crippen molar-refractivity contribution in [3.05, 3.63) is 29.2 Å². The van der Waals surface area contributed by atoms with Gasteiger partial charge in [0.15, 0.2) is 0 Å². The molecule has 1 heterocycles. The fraction of sp³-hybridized carbons (Fsp3) is 0.385. The summed E-state index contributed by atoms with van der Waals surface area (Å²) in [4.78, 5) is 11.7. The Morgan fingerprint density at radius 3 is 2.94 bits per heavy atom. The second kappa shape index (κ2) is 7.30. The van der Waals surface area contributed by atoms with E-state index in [0.29, 0.717) is 25.3 Å². The molecule has 0 saturated heterocycles. The van der Waals surface area contributed by atoms with Gasteiger partial charge in [-0.1, -0.05) is 0 Å². The number of nitrogens with zero attached hydrogens (tertiary/aromatic N) is 1. The highest BCUT2D eigenvalue weighted by atomic mass is 16.5. The second-order valence-electron chi connectivity index (χ2n) is 3.72. The topological polar surface area (TPSA) is 75.3 Å². The minimum absolute atomic E-state index is 0.0294. The van der Waals surface area contributed by atoms with Gasteiger partial charge in [0, 0.05) is 26.3 Å². The summed E-state index contributed by atoms with van der Waals surface area (Å²) in [5.41, 5.74) is 0.0294. The molecule has 1 aromatic rings. The van der Waals surface area contributed by atoms with E-state index in [2.05, 4.69) is 5.32 Å². The SMILES string of the molecule is COCCCNC(=O)/C(C#N)=C/c1ccc(C)o1. The van der Waals surface area contributed by atoms with Gasteiger partial charge >= 0.3 is 0 Å². The molecule has 0 aromatic carbocycles. The average molecular weight is 248 g/mol. The summed E-state index contributed by atoms with van der Waals surface area (Å²) in [6, 6.07) is 5.35. The number of ether oxygens (including phenoxy) is 1. The van der Waals surface area contributed by atoms with E-state index in [1.54, 1.807) is 26.2 Å². The van der Waals surface area contributed by atoms with Gasteiger partial charge < -0.3 is 14.5 Å². The summed E-state index contributed by atoms with van der Waals surface area (Å²) in [7, 11) is 1.60. The number of carbonyl (C=O) groups is 1. The Labute approximate surface area is 106 Å². The van der Waals surface area contributed by atoms with Crippen LogP contribution < -0.4 is 5.32 Å². The number of nitriles is 1. The molecule has 0 atom stereocenters. The largest absolute Gasteiger partial charge is 0.462 e. The third-order valence-electron chi connectivity index (χ3n) is 2.22. The van der Waals surface area contributed by atoms with Gasteiger partial charge in [-0.05, 0) is 25.5 Å². The highest BCUT2D eigenvalue weighted by molar-refractivity contribution is 6.01. The lowest BCUT2D eigenvalue weighted by atomic mass is 10.2. The molecule has 18 heavy (non-hydrogen) atoms. The molecule has 5 heteroatoms. The third-order valence-corrected chi connectivity index (χ3v) is 2.22. The van der Waals surface area contributed by atoms with Crippen molar-refractivity contribution in [1.29, 1.82) is 5.26 Å². The lowest BCUT2D eigenvalue weighted by molar-refractivity contribution is -0.117. The van der Waals surface area contributed by atoms with Gasteiger partial charge in [0.2, 0.25) is 0 Å². The Bertz CT molecular complexity index is 469. The van der Waals surface area contributed by atoms with Crippen LogP contribution in [0.1, 0.15) is 17.9 Å². The molecule has 0 saturated carbocycles. The van der Waals surface area contributed by atoms with Crippen LogP contribution in [-0.4, -0.2) is 26.2 Å². The van der Waals surface area contributed by atoms with Crippen LogP contribution in [-0.2, 0) is 9.53 Å². The van der Waals surface area contributed by atoms with Crippen LogP contribution in [0.5, 0.6) is 0 Å². The van der Waals surface area contributed by atoms with Crippen LogP contribution in [0, 0.1) is 18.3 Å². The molecule has 0 fully saturated rings. The zero-order chi connectivity index (χ0) is 13.4. The van der Waals surface area contributed by atoms with Crippen molar-refractivity contribution in [3.63, 3.8) is 0 Å². The molecule has 0 radical (unpaired) electrons. The van der Waals surface area contributed by atoms with Crippen LogP contribution in [0.25, 0.3) is 6.08 Å². The quantitative estimate of drug-likeness (QED) is 0.472. The third kappa shape index (κ3) is 4.44. The molecule has 1 aromatic heterocycles. The Hall–Kier alpha value is -2.06. The Morgan fingerprint density at radius 1 is 1.61 bits per heavy atom. The smallest absolute Gasteiger partial charge is 0.262 e. The van der Waals surface area contributed by atoms with E-state index in [-0.39, 0.29) is 5.57 Å². The van der Waals surface area contributed by atoms with Crippen molar-refractivity contribution >= 4 is 12.0 Å². The number of carbonyl (C=O) groups excluding carboxylic acids is 1. The van der Waals surface area contributed by atoms with Crippen molar-refractivity contribution in [3.8, 4) is 6.07 Å². The zero-order valence-corrected chi connectivity index (χ0v) is 10.5. The number of methoxy groups -OCH3 is 1. The van der Waals surface area contributed by atoms with Crippen molar-refractivity contribution in [2.24, 2.45) is 0 Å². The first kappa shape index (κ1) is 14.0. The molecular formula is C13H16N2O3. The summed E-state index contributed by atoms with van der Waals surface area (Å²) in [5.74, 6) is 0.831. The maximum Gasteiger partial charge on any atom is 0.262 e. The molecule has 0 aliphatic rings. The van der Waals surface area contributed by atoms with Gasteiger partial charge in [-0.2, -0.15) is 5.26 Å². The average Bonchev–Trinajstić information content (AvgIpc) is 2.77. The summed E-state index contributed by atoms with van der Waals surface area (Å²) in [6.45, 7) is 2.85. The minimum atomic E-state index is -0.400. The Morgan fingerprint density at radius 2 is 2.39 bits per heavy atom. The monoisotopic (exact) mass is 248 g/mol. The van der Waals surface area contributed by atoms with Crippen molar-refractivity contribution in [2.45, 2.75) is 13.3 Å². The van der Waals surface area contributed by atoms with E-state index < -0.39 is 5.91 Å². The Kier molecular flexibility index (Phi) is 5.68. The number of rotatable bonds is 6. The normalized spacial score (nSPS) is 11.1. The lowest BCUT2D eigenvalue weighted by Gasteiger charge is -2.02. The minimum Gasteiger partial charge on any atom is -0.462 e. The molecular weight excluding hydrogens is 232 g/mol. The first-order valence-corrected chi connectivity index (χ1v) is 5.62. The first-order valence-electron chi connectivity index (χ1n) is 5.62. The summed E-state index contributed by atoms with van der Waals surface area (Å²) >= 11 is 0. The van der Waals surface area contributed by atoms with Crippen molar-refractivity contribution < 1.29 is 13.9 Å². The summed E-state index contributed by atoms with van der Waals surface area (Å²) in [6.07, 6.45) is 2.14. The van der Waals surface area contributed by atoms with Gasteiger partial charge in [-0.3, -0.25) is 4.79 Å². The van der Waals surface area contributed by atoms with Crippen molar-refractivity contribution in [1.82, 2.24) is 5.32 Å². The number of aryl methyl sites for hydroxylation is 1. The van der Waals surface area contributed by atoms with Crippen molar-refractivity contribution in [2.75, 3.05) is 20.3 Å². The van der Waals surface area contributed by atoms with Gasteiger partial charge in [0.1, 0.15) is 23.2 Å². The number of furan rings is 1. The molecule has 0 unspecified atom stereocenters. The molecule has 96 valence electrons. The molecule has 0 spiro atoms. The maximum atomic E-state index is 11.7. The lowest BCUT2D eigenvalue weighted by Crippen LogP contribution is -2.26. The van der Waals surface area contributed by atoms with E-state index >= 15 is 0 Å². The van der Waals surface area contributed by atoms with Crippen LogP contribution in [0.2, 0.25) is 0 Å². The van der Waals surface area contributed by atoms with E-state index in [1.165, 1.54) is 6.08 Å². The Balaban J connectivity index is 2.58. The van der Waals surface area contributed by atoms with E-state index in [1.807, 2.05) is 6.07 Å². The number of amides is 1. The van der Waals surface area contributed by atoms with E-state index in [0.717, 1.165) is 5.76 Å². The van der Waals surface area contributed by atoms with Gasteiger partial charge in [-0.25, -0.2) is 0 Å². The number of hydrogen-bond donors (Lipinski definition) is 1. The highest BCUT2D eigenvalue weighted by Crippen LogP contribution is 2.10. The molecule has 0 aliphatic carbocycles. The zero-order valence-electron chi connectivity index (χ0n) is 10.5. The summed E-state index contributed by atoms with van der Waals surface area (Å²) < 4.78 is 10.1. The molecule has 5 nitrogen and oxygen atoms in total. The fourth-order valence-electron chi connectivity index (χ4n) is 1.34. The molecule has 1 rings (SSSR count). The highest BCUT2D eigenvalue weighted by Gasteiger charge is 2.09. The predicted molar refractivity (Wildman–Crippen MR) is 66.5 cm³/mol. The molecule has 1 amide bonds. The molecule has 1 N–H and O–H groups in total. The first-order chi connectivity index (χ1) is 8.67. The maximum absolute atomic E-state index is 11.7. The second-order valence-corrected chi connectivity index (χ2v) is 3.72. The van der Waals surface area contributed by atoms with Gasteiger partial charge in [0.05, 0.1) is 0 Å². The van der Waals surface area contributed by atoms with Crippen LogP contribution in [0.15, 0.2) is 22.1 Å². The number of hydrogen-bond acceptors (Lipinski definition) is 4. The van der Waals surface area contributed by atoms with Gasteiger partial charge in [-0.15, -0.1) is 0 Å². The molecule has 0 aliphatic heterocycles. The van der Waals surface area contributed by atoms with Gasteiger partial charge in [0.25, 0.3) is 5.91 Å².